The molecule has 1 fully saturated rings. The molecule has 1 aromatic carbocycles. The van der Waals surface area contributed by atoms with Crippen molar-refractivity contribution in [3.05, 3.63) is 35.6 Å². The molecule has 6 nitrogen and oxygen atoms in total. The van der Waals surface area contributed by atoms with E-state index >= 15 is 0 Å². The molecule has 22 heavy (non-hydrogen) atoms. The molecule has 1 aromatic heterocycles. The van der Waals surface area contributed by atoms with Crippen LogP contribution < -0.4 is 16.0 Å². The van der Waals surface area contributed by atoms with Gasteiger partial charge in [-0.05, 0) is 31.3 Å². The fourth-order valence-corrected chi connectivity index (χ4v) is 2.55. The van der Waals surface area contributed by atoms with Crippen LogP contribution in [0.2, 0.25) is 5.02 Å². The van der Waals surface area contributed by atoms with Gasteiger partial charge in [0.25, 0.3) is 0 Å². The molecule has 1 aliphatic heterocycles. The minimum absolute atomic E-state index is 0.571. The van der Waals surface area contributed by atoms with Crippen molar-refractivity contribution in [2.24, 2.45) is 0 Å². The van der Waals surface area contributed by atoms with E-state index in [1.807, 2.05) is 24.3 Å². The molecule has 3 rings (SSSR count). The molecule has 1 saturated heterocycles. The van der Waals surface area contributed by atoms with Gasteiger partial charge in [0.15, 0.2) is 11.6 Å². The van der Waals surface area contributed by atoms with Crippen LogP contribution in [0.15, 0.2) is 30.6 Å². The molecule has 2 heterocycles. The lowest BCUT2D eigenvalue weighted by Gasteiger charge is -2.33. The van der Waals surface area contributed by atoms with Gasteiger partial charge in [-0.3, -0.25) is 0 Å². The molecular weight excluding hydrogens is 300 g/mol. The van der Waals surface area contributed by atoms with Gasteiger partial charge < -0.3 is 20.9 Å². The third kappa shape index (κ3) is 3.23. The Balaban J connectivity index is 1.81. The van der Waals surface area contributed by atoms with Crippen molar-refractivity contribution in [3.8, 4) is 0 Å². The third-order valence-corrected chi connectivity index (χ3v) is 4.02. The number of halogens is 1. The van der Waals surface area contributed by atoms with Gasteiger partial charge in [-0.2, -0.15) is 0 Å². The van der Waals surface area contributed by atoms with E-state index in [9.17, 15) is 0 Å². The minimum atomic E-state index is 0.571. The van der Waals surface area contributed by atoms with Crippen molar-refractivity contribution in [2.45, 2.75) is 0 Å². The second-order valence-corrected chi connectivity index (χ2v) is 5.82. The molecule has 2 aromatic rings. The fraction of sp³-hybridized carbons (Fsp3) is 0.333. The van der Waals surface area contributed by atoms with Crippen molar-refractivity contribution < 1.29 is 0 Å². The van der Waals surface area contributed by atoms with E-state index < -0.39 is 0 Å². The highest BCUT2D eigenvalue weighted by molar-refractivity contribution is 6.30. The second-order valence-electron chi connectivity index (χ2n) is 5.38. The van der Waals surface area contributed by atoms with Crippen LogP contribution in [-0.2, 0) is 0 Å². The molecule has 0 atom stereocenters. The number of rotatable bonds is 3. The first-order valence-corrected chi connectivity index (χ1v) is 7.58. The molecule has 3 N–H and O–H groups in total. The summed E-state index contributed by atoms with van der Waals surface area (Å²) in [6.07, 6.45) is 1.54. The third-order valence-electron chi connectivity index (χ3n) is 3.77. The molecule has 7 heteroatoms. The van der Waals surface area contributed by atoms with Crippen molar-refractivity contribution in [3.63, 3.8) is 0 Å². The molecule has 0 saturated carbocycles. The highest BCUT2D eigenvalue weighted by atomic mass is 35.5. The molecule has 0 radical (unpaired) electrons. The number of benzene rings is 1. The summed E-state index contributed by atoms with van der Waals surface area (Å²) < 4.78 is 0. The van der Waals surface area contributed by atoms with E-state index in [1.54, 1.807) is 6.33 Å². The minimum Gasteiger partial charge on any atom is -0.393 e. The van der Waals surface area contributed by atoms with Crippen LogP contribution in [0.25, 0.3) is 0 Å². The lowest BCUT2D eigenvalue weighted by Crippen LogP contribution is -2.45. The van der Waals surface area contributed by atoms with Crippen molar-refractivity contribution >= 4 is 34.6 Å². The first-order valence-electron chi connectivity index (χ1n) is 7.20. The zero-order chi connectivity index (χ0) is 15.5. The average Bonchev–Trinajstić information content (AvgIpc) is 2.53. The highest BCUT2D eigenvalue weighted by Gasteiger charge is 2.19. The SMILES string of the molecule is CN1CCN(c2ncnc(Nc3ccc(Cl)cc3)c2N)CC1. The first kappa shape index (κ1) is 14.9. The predicted octanol–water partition coefficient (Wildman–Crippen LogP) is 2.21. The maximum Gasteiger partial charge on any atom is 0.159 e. The van der Waals surface area contributed by atoms with Gasteiger partial charge in [-0.25, -0.2) is 9.97 Å². The summed E-state index contributed by atoms with van der Waals surface area (Å²) in [6, 6.07) is 7.42. The maximum atomic E-state index is 6.26. The van der Waals surface area contributed by atoms with Crippen LogP contribution in [0, 0.1) is 0 Å². The smallest absolute Gasteiger partial charge is 0.159 e. The summed E-state index contributed by atoms with van der Waals surface area (Å²) in [5.74, 6) is 1.41. The highest BCUT2D eigenvalue weighted by Crippen LogP contribution is 2.29. The number of piperazine rings is 1. The number of anilines is 4. The number of hydrogen-bond donors (Lipinski definition) is 2. The number of hydrogen-bond acceptors (Lipinski definition) is 6. The molecule has 0 aliphatic carbocycles. The molecule has 0 amide bonds. The van der Waals surface area contributed by atoms with Crippen LogP contribution in [0.3, 0.4) is 0 Å². The van der Waals surface area contributed by atoms with E-state index in [0.717, 1.165) is 37.7 Å². The number of aromatic nitrogens is 2. The fourth-order valence-electron chi connectivity index (χ4n) is 2.43. The van der Waals surface area contributed by atoms with Crippen molar-refractivity contribution in [1.82, 2.24) is 14.9 Å². The summed E-state index contributed by atoms with van der Waals surface area (Å²) in [5.41, 5.74) is 7.72. The Hall–Kier alpha value is -2.05. The number of likely N-dealkylation sites (N-methyl/N-ethyl adjacent to an activating group) is 1. The van der Waals surface area contributed by atoms with Crippen LogP contribution in [-0.4, -0.2) is 48.1 Å². The van der Waals surface area contributed by atoms with Gasteiger partial charge in [-0.1, -0.05) is 11.6 Å². The number of nitrogens with zero attached hydrogens (tertiary/aromatic N) is 4. The lowest BCUT2D eigenvalue weighted by atomic mass is 10.3. The van der Waals surface area contributed by atoms with Crippen molar-refractivity contribution in [2.75, 3.05) is 49.2 Å². The van der Waals surface area contributed by atoms with E-state index in [4.69, 9.17) is 17.3 Å². The summed E-state index contributed by atoms with van der Waals surface area (Å²) in [7, 11) is 2.12. The quantitative estimate of drug-likeness (QED) is 0.904. The Labute approximate surface area is 134 Å². The van der Waals surface area contributed by atoms with Gasteiger partial charge in [-0.15, -0.1) is 0 Å². The molecule has 1 aliphatic rings. The normalized spacial score (nSPS) is 15.8. The summed E-state index contributed by atoms with van der Waals surface area (Å²) in [4.78, 5) is 13.1. The molecule has 0 unspecified atom stereocenters. The summed E-state index contributed by atoms with van der Waals surface area (Å²) in [5, 5.41) is 3.91. The van der Waals surface area contributed by atoms with Gasteiger partial charge in [0.1, 0.15) is 12.0 Å². The Kier molecular flexibility index (Phi) is 4.31. The van der Waals surface area contributed by atoms with Crippen LogP contribution in [0.4, 0.5) is 23.0 Å². The average molecular weight is 319 g/mol. The predicted molar refractivity (Wildman–Crippen MR) is 90.9 cm³/mol. The van der Waals surface area contributed by atoms with Gasteiger partial charge in [0.05, 0.1) is 0 Å². The first-order chi connectivity index (χ1) is 10.6. The van der Waals surface area contributed by atoms with E-state index in [1.165, 1.54) is 0 Å². The van der Waals surface area contributed by atoms with E-state index in [2.05, 4.69) is 32.1 Å². The van der Waals surface area contributed by atoms with Crippen LogP contribution >= 0.6 is 11.6 Å². The summed E-state index contributed by atoms with van der Waals surface area (Å²) >= 11 is 5.90. The zero-order valence-corrected chi connectivity index (χ0v) is 13.2. The van der Waals surface area contributed by atoms with Crippen LogP contribution in [0.5, 0.6) is 0 Å². The van der Waals surface area contributed by atoms with Gasteiger partial charge in [0, 0.05) is 36.9 Å². The van der Waals surface area contributed by atoms with E-state index in [-0.39, 0.29) is 0 Å². The Morgan fingerprint density at radius 2 is 1.77 bits per heavy atom. The van der Waals surface area contributed by atoms with Crippen LogP contribution in [0.1, 0.15) is 0 Å². The number of nitrogens with two attached hydrogens (primary N) is 1. The number of nitrogen functional groups attached to an aromatic ring is 1. The topological polar surface area (TPSA) is 70.3 Å². The lowest BCUT2D eigenvalue weighted by molar-refractivity contribution is 0.312. The largest absolute Gasteiger partial charge is 0.393 e. The van der Waals surface area contributed by atoms with Crippen molar-refractivity contribution in [1.29, 1.82) is 0 Å². The van der Waals surface area contributed by atoms with Gasteiger partial charge in [0.2, 0.25) is 0 Å². The Morgan fingerprint density at radius 3 is 2.45 bits per heavy atom. The van der Waals surface area contributed by atoms with Gasteiger partial charge >= 0.3 is 0 Å². The monoisotopic (exact) mass is 318 g/mol. The molecule has 0 spiro atoms. The number of nitrogens with one attached hydrogen (secondary N) is 1. The van der Waals surface area contributed by atoms with E-state index in [0.29, 0.717) is 16.5 Å². The molecule has 0 bridgehead atoms. The zero-order valence-electron chi connectivity index (χ0n) is 12.5. The molecule has 116 valence electrons. The Morgan fingerprint density at radius 1 is 1.09 bits per heavy atom. The molecular formula is C15H19ClN6. The second kappa shape index (κ2) is 6.37. The summed E-state index contributed by atoms with van der Waals surface area (Å²) in [6.45, 7) is 3.84. The Bertz CT molecular complexity index is 637. The maximum absolute atomic E-state index is 6.26. The standard InChI is InChI=1S/C15H19ClN6/c1-21-6-8-22(9-7-21)15-13(17)14(18-10-19-15)20-12-4-2-11(16)3-5-12/h2-5,10H,6-9,17H2,1H3,(H,18,19,20).